The van der Waals surface area contributed by atoms with Crippen LogP contribution in [0.1, 0.15) is 11.1 Å². The SMILES string of the molecule is Cc1ccc(C#N)cc1-n1ncc2c(OC(COCCO)C(=O)Nc3ccc(Cl)cn3)ncnc21. The van der Waals surface area contributed by atoms with Gasteiger partial charge < -0.3 is 19.9 Å². The summed E-state index contributed by atoms with van der Waals surface area (Å²) in [5, 5.41) is 26.2. The topological polar surface area (TPSA) is 148 Å². The number of hydrogen-bond donors (Lipinski definition) is 2. The number of fused-ring (bicyclic) bond motifs is 1. The first-order valence-corrected chi connectivity index (χ1v) is 10.9. The van der Waals surface area contributed by atoms with Crippen molar-refractivity contribution in [2.24, 2.45) is 0 Å². The highest BCUT2D eigenvalue weighted by Gasteiger charge is 2.24. The first kappa shape index (κ1) is 24.0. The number of aliphatic hydroxyl groups excluding tert-OH is 1. The fourth-order valence-corrected chi connectivity index (χ4v) is 3.32. The number of aliphatic hydroxyl groups is 1. The first-order valence-electron chi connectivity index (χ1n) is 10.5. The molecule has 1 atom stereocenters. The van der Waals surface area contributed by atoms with Crippen LogP contribution in [0.4, 0.5) is 5.82 Å². The fourth-order valence-electron chi connectivity index (χ4n) is 3.21. The summed E-state index contributed by atoms with van der Waals surface area (Å²) in [7, 11) is 0. The molecule has 0 aliphatic heterocycles. The molecule has 1 amide bonds. The number of rotatable bonds is 9. The second kappa shape index (κ2) is 10.9. The van der Waals surface area contributed by atoms with Gasteiger partial charge in [-0.15, -0.1) is 0 Å². The Bertz CT molecular complexity index is 1390. The zero-order valence-corrected chi connectivity index (χ0v) is 19.3. The Morgan fingerprint density at radius 2 is 2.11 bits per heavy atom. The molecule has 2 N–H and O–H groups in total. The van der Waals surface area contributed by atoms with Gasteiger partial charge in [0.05, 0.1) is 48.4 Å². The second-order valence-corrected chi connectivity index (χ2v) is 7.78. The number of carbonyl (C=O) groups is 1. The van der Waals surface area contributed by atoms with Gasteiger partial charge in [0.2, 0.25) is 12.0 Å². The van der Waals surface area contributed by atoms with Crippen LogP contribution >= 0.6 is 11.6 Å². The zero-order valence-electron chi connectivity index (χ0n) is 18.6. The summed E-state index contributed by atoms with van der Waals surface area (Å²) < 4.78 is 12.9. The molecule has 0 saturated heterocycles. The van der Waals surface area contributed by atoms with Crippen molar-refractivity contribution < 1.29 is 19.4 Å². The number of benzene rings is 1. The Labute approximate surface area is 204 Å². The third kappa shape index (κ3) is 5.52. The van der Waals surface area contributed by atoms with Crippen LogP contribution in [-0.2, 0) is 9.53 Å². The molecule has 0 aliphatic rings. The number of anilines is 1. The minimum Gasteiger partial charge on any atom is -0.461 e. The first-order chi connectivity index (χ1) is 17.0. The molecule has 1 aromatic carbocycles. The van der Waals surface area contributed by atoms with E-state index in [9.17, 15) is 10.1 Å². The monoisotopic (exact) mass is 493 g/mol. The van der Waals surface area contributed by atoms with Gasteiger partial charge in [0, 0.05) is 6.20 Å². The number of carbonyl (C=O) groups excluding carboxylic acids is 1. The summed E-state index contributed by atoms with van der Waals surface area (Å²) in [5.41, 5.74) is 2.48. The van der Waals surface area contributed by atoms with Gasteiger partial charge in [0.25, 0.3) is 5.91 Å². The lowest BCUT2D eigenvalue weighted by atomic mass is 10.1. The van der Waals surface area contributed by atoms with Crippen LogP contribution in [0.5, 0.6) is 5.88 Å². The molecule has 35 heavy (non-hydrogen) atoms. The van der Waals surface area contributed by atoms with Gasteiger partial charge in [-0.3, -0.25) is 4.79 Å². The maximum atomic E-state index is 12.9. The van der Waals surface area contributed by atoms with Crippen LogP contribution in [-0.4, -0.2) is 61.7 Å². The second-order valence-electron chi connectivity index (χ2n) is 7.34. The predicted octanol–water partition coefficient (Wildman–Crippen LogP) is 2.44. The summed E-state index contributed by atoms with van der Waals surface area (Å²) in [5.74, 6) is -0.134. The molecule has 0 spiro atoms. The number of nitriles is 1. The zero-order chi connectivity index (χ0) is 24.8. The number of halogens is 1. The molecule has 0 bridgehead atoms. The average Bonchev–Trinajstić information content (AvgIpc) is 3.30. The molecule has 0 fully saturated rings. The number of pyridine rings is 1. The Balaban J connectivity index is 1.64. The third-order valence-electron chi connectivity index (χ3n) is 4.93. The van der Waals surface area contributed by atoms with Crippen molar-refractivity contribution in [3.05, 3.63) is 65.2 Å². The summed E-state index contributed by atoms with van der Waals surface area (Å²) in [6.07, 6.45) is 3.10. The van der Waals surface area contributed by atoms with Crippen molar-refractivity contribution in [2.75, 3.05) is 25.1 Å². The van der Waals surface area contributed by atoms with Crippen LogP contribution in [0, 0.1) is 18.3 Å². The number of ether oxygens (including phenoxy) is 2. The highest BCUT2D eigenvalue weighted by atomic mass is 35.5. The number of aryl methyl sites for hydroxylation is 1. The van der Waals surface area contributed by atoms with Gasteiger partial charge in [-0.05, 0) is 36.8 Å². The van der Waals surface area contributed by atoms with Gasteiger partial charge in [0.1, 0.15) is 17.5 Å². The molecule has 12 heteroatoms. The molecule has 0 radical (unpaired) electrons. The molecule has 11 nitrogen and oxygen atoms in total. The average molecular weight is 494 g/mol. The van der Waals surface area contributed by atoms with Crippen molar-refractivity contribution in [2.45, 2.75) is 13.0 Å². The van der Waals surface area contributed by atoms with E-state index in [1.807, 2.05) is 13.0 Å². The molecule has 3 heterocycles. The molecule has 4 aromatic rings. The Morgan fingerprint density at radius 1 is 1.26 bits per heavy atom. The summed E-state index contributed by atoms with van der Waals surface area (Å²) in [6, 6.07) is 10.5. The van der Waals surface area contributed by atoms with E-state index in [2.05, 4.69) is 31.4 Å². The van der Waals surface area contributed by atoms with Gasteiger partial charge in [0.15, 0.2) is 5.65 Å². The van der Waals surface area contributed by atoms with Gasteiger partial charge in [-0.25, -0.2) is 19.6 Å². The molecule has 3 aromatic heterocycles. The van der Waals surface area contributed by atoms with Crippen molar-refractivity contribution >= 4 is 34.4 Å². The van der Waals surface area contributed by atoms with Crippen molar-refractivity contribution in [1.82, 2.24) is 24.7 Å². The van der Waals surface area contributed by atoms with Gasteiger partial charge in [-0.2, -0.15) is 10.4 Å². The van der Waals surface area contributed by atoms with Crippen LogP contribution in [0.2, 0.25) is 5.02 Å². The lowest BCUT2D eigenvalue weighted by molar-refractivity contribution is -0.125. The predicted molar refractivity (Wildman–Crippen MR) is 126 cm³/mol. The van der Waals surface area contributed by atoms with E-state index < -0.39 is 12.0 Å². The van der Waals surface area contributed by atoms with Crippen LogP contribution < -0.4 is 10.1 Å². The minimum atomic E-state index is -1.12. The number of hydrogen-bond acceptors (Lipinski definition) is 9. The number of nitrogens with zero attached hydrogens (tertiary/aromatic N) is 6. The van der Waals surface area contributed by atoms with Gasteiger partial charge in [-0.1, -0.05) is 17.7 Å². The van der Waals surface area contributed by atoms with Crippen molar-refractivity contribution in [3.63, 3.8) is 0 Å². The highest BCUT2D eigenvalue weighted by molar-refractivity contribution is 6.30. The molecule has 178 valence electrons. The summed E-state index contributed by atoms with van der Waals surface area (Å²) in [6.45, 7) is 1.56. The van der Waals surface area contributed by atoms with Crippen molar-refractivity contribution in [3.8, 4) is 17.6 Å². The smallest absolute Gasteiger partial charge is 0.269 e. The molecule has 1 unspecified atom stereocenters. The molecular formula is C23H20ClN7O4. The number of nitrogens with one attached hydrogen (secondary N) is 1. The lowest BCUT2D eigenvalue weighted by Crippen LogP contribution is -2.37. The van der Waals surface area contributed by atoms with Crippen LogP contribution in [0.3, 0.4) is 0 Å². The van der Waals surface area contributed by atoms with Gasteiger partial charge >= 0.3 is 0 Å². The fraction of sp³-hybridized carbons (Fsp3) is 0.217. The maximum Gasteiger partial charge on any atom is 0.269 e. The maximum absolute atomic E-state index is 12.9. The third-order valence-corrected chi connectivity index (χ3v) is 5.15. The van der Waals surface area contributed by atoms with E-state index in [1.54, 1.807) is 28.9 Å². The quantitative estimate of drug-likeness (QED) is 0.335. The minimum absolute atomic E-state index is 0.0258. The van der Waals surface area contributed by atoms with E-state index in [-0.39, 0.29) is 31.5 Å². The van der Waals surface area contributed by atoms with E-state index in [0.29, 0.717) is 27.3 Å². The summed E-state index contributed by atoms with van der Waals surface area (Å²) in [4.78, 5) is 25.5. The summed E-state index contributed by atoms with van der Waals surface area (Å²) >= 11 is 5.85. The van der Waals surface area contributed by atoms with E-state index in [0.717, 1.165) is 5.56 Å². The number of amides is 1. The molecule has 0 aliphatic carbocycles. The number of aromatic nitrogens is 5. The normalized spacial score (nSPS) is 11.7. The standard InChI is InChI=1S/C23H20ClN7O4/c1-14-2-3-15(9-25)8-18(14)31-21-17(11-29-31)23(28-13-27-21)35-19(12-34-7-6-32)22(33)30-20-5-4-16(24)10-26-20/h2-5,8,10-11,13,19,32H,6-7,12H2,1H3,(H,26,30,33). The Kier molecular flexibility index (Phi) is 7.47. The lowest BCUT2D eigenvalue weighted by Gasteiger charge is -2.18. The van der Waals surface area contributed by atoms with E-state index >= 15 is 0 Å². The van der Waals surface area contributed by atoms with E-state index in [1.165, 1.54) is 18.7 Å². The highest BCUT2D eigenvalue weighted by Crippen LogP contribution is 2.26. The largest absolute Gasteiger partial charge is 0.461 e. The molecule has 0 saturated carbocycles. The molecule has 4 rings (SSSR count). The van der Waals surface area contributed by atoms with Crippen LogP contribution in [0.25, 0.3) is 16.7 Å². The van der Waals surface area contributed by atoms with Crippen LogP contribution in [0.15, 0.2) is 49.1 Å². The van der Waals surface area contributed by atoms with Crippen molar-refractivity contribution in [1.29, 1.82) is 5.26 Å². The molecular weight excluding hydrogens is 474 g/mol. The Morgan fingerprint density at radius 3 is 2.86 bits per heavy atom. The Hall–Kier alpha value is -4.11. The van der Waals surface area contributed by atoms with E-state index in [4.69, 9.17) is 26.2 Å².